The van der Waals surface area contributed by atoms with Gasteiger partial charge in [0.05, 0.1) is 26.4 Å². The molecular weight excluding hydrogens is 1200 g/mol. The van der Waals surface area contributed by atoms with E-state index in [1.54, 1.807) is 0 Å². The number of hydrogen-bond donors (Lipinski definition) is 3. The minimum atomic E-state index is -4.95. The molecule has 0 aromatic heterocycles. The summed E-state index contributed by atoms with van der Waals surface area (Å²) >= 11 is 0. The van der Waals surface area contributed by atoms with Crippen molar-refractivity contribution in [3.8, 4) is 0 Å². The molecule has 91 heavy (non-hydrogen) atoms. The number of ether oxygens (including phenoxy) is 4. The van der Waals surface area contributed by atoms with Gasteiger partial charge >= 0.3 is 39.5 Å². The van der Waals surface area contributed by atoms with E-state index < -0.39 is 97.5 Å². The van der Waals surface area contributed by atoms with Crippen molar-refractivity contribution in [3.63, 3.8) is 0 Å². The molecule has 0 fully saturated rings. The molecule has 0 saturated carbocycles. The molecule has 0 aliphatic carbocycles. The quantitative estimate of drug-likeness (QED) is 0.0222. The lowest BCUT2D eigenvalue weighted by Crippen LogP contribution is -2.30. The zero-order chi connectivity index (χ0) is 67.2. The highest BCUT2D eigenvalue weighted by atomic mass is 31.2. The predicted octanol–water partition coefficient (Wildman–Crippen LogP) is 20.8. The fourth-order valence-corrected chi connectivity index (χ4v) is 12.5. The molecule has 0 radical (unpaired) electrons. The van der Waals surface area contributed by atoms with Crippen LogP contribution in [0.3, 0.4) is 0 Å². The summed E-state index contributed by atoms with van der Waals surface area (Å²) < 4.78 is 68.3. The first-order valence-corrected chi connectivity index (χ1v) is 40.5. The van der Waals surface area contributed by atoms with Crippen LogP contribution < -0.4 is 0 Å². The van der Waals surface area contributed by atoms with Crippen molar-refractivity contribution < 1.29 is 80.2 Å². The molecule has 0 aliphatic heterocycles. The molecular formula is C72H140O17P2. The van der Waals surface area contributed by atoms with Gasteiger partial charge in [-0.3, -0.25) is 37.3 Å². The second-order valence-electron chi connectivity index (χ2n) is 26.9. The van der Waals surface area contributed by atoms with Crippen molar-refractivity contribution in [1.29, 1.82) is 0 Å². The SMILES string of the molecule is CCCCCCCCCCCCCCC(=O)OC[C@H](COP(=O)(O)OC[C@@H](O)COP(=O)(O)OC[C@@H](COC(=O)CCCCCCCCC(C)C)OC(=O)CCCCCCCCCCCCCC)OC(=O)CCCCCCCCCCCCCCCCCC(C)C. The summed E-state index contributed by atoms with van der Waals surface area (Å²) in [5.41, 5.74) is 0. The molecule has 0 heterocycles. The number of rotatable bonds is 71. The molecule has 19 heteroatoms. The lowest BCUT2D eigenvalue weighted by atomic mass is 10.0. The van der Waals surface area contributed by atoms with E-state index in [0.717, 1.165) is 102 Å². The molecule has 0 aliphatic rings. The van der Waals surface area contributed by atoms with Gasteiger partial charge in [-0.15, -0.1) is 0 Å². The summed E-state index contributed by atoms with van der Waals surface area (Å²) in [6.07, 6.45) is 50.0. The average molecular weight is 1340 g/mol. The number of esters is 4. The summed E-state index contributed by atoms with van der Waals surface area (Å²) in [6, 6.07) is 0. The summed E-state index contributed by atoms with van der Waals surface area (Å²) in [5.74, 6) is -0.639. The summed E-state index contributed by atoms with van der Waals surface area (Å²) in [6.45, 7) is 9.51. The number of hydrogen-bond acceptors (Lipinski definition) is 15. The van der Waals surface area contributed by atoms with Gasteiger partial charge in [-0.1, -0.05) is 318 Å². The third-order valence-corrected chi connectivity index (χ3v) is 18.6. The van der Waals surface area contributed by atoms with Crippen LogP contribution in [0.15, 0.2) is 0 Å². The fourth-order valence-electron chi connectivity index (χ4n) is 10.9. The Hall–Kier alpha value is -1.94. The van der Waals surface area contributed by atoms with E-state index in [1.807, 2.05) is 0 Å². The van der Waals surface area contributed by atoms with Crippen LogP contribution in [0.25, 0.3) is 0 Å². The third-order valence-electron chi connectivity index (χ3n) is 16.7. The standard InChI is InChI=1S/C72H140O17P2/c1-7-9-11-13-15-17-19-27-31-35-42-48-54-69(74)82-60-67(88-72(77)57-51-45-37-33-29-25-23-21-22-24-26-30-34-40-46-52-64(3)4)62-86-90(78,79)84-58-66(73)59-85-91(80,81)87-63-68(61-83-70(75)55-49-43-39-38-41-47-53-65(5)6)89-71(76)56-50-44-36-32-28-20-18-16-14-12-10-8-2/h64-68,73H,7-63H2,1-6H3,(H,78,79)(H,80,81)/t66-,67-,68-/m1/s1. The Balaban J connectivity index is 5.22. The summed E-state index contributed by atoms with van der Waals surface area (Å²) in [7, 11) is -9.90. The smallest absolute Gasteiger partial charge is 0.462 e. The van der Waals surface area contributed by atoms with Crippen molar-refractivity contribution in [3.05, 3.63) is 0 Å². The third kappa shape index (κ3) is 66.5. The van der Waals surface area contributed by atoms with Gasteiger partial charge in [0.2, 0.25) is 0 Å². The lowest BCUT2D eigenvalue weighted by molar-refractivity contribution is -0.161. The number of carbonyl (C=O) groups is 4. The summed E-state index contributed by atoms with van der Waals surface area (Å²) in [5, 5.41) is 10.6. The molecule has 0 saturated heterocycles. The number of carbonyl (C=O) groups excluding carboxylic acids is 4. The molecule has 0 aromatic rings. The molecule has 2 unspecified atom stereocenters. The van der Waals surface area contributed by atoms with Gasteiger partial charge in [0, 0.05) is 25.7 Å². The van der Waals surface area contributed by atoms with Gasteiger partial charge in [0.25, 0.3) is 0 Å². The van der Waals surface area contributed by atoms with Crippen molar-refractivity contribution in [2.24, 2.45) is 11.8 Å². The maximum absolute atomic E-state index is 13.0. The van der Waals surface area contributed by atoms with Gasteiger partial charge in [-0.25, -0.2) is 9.13 Å². The monoisotopic (exact) mass is 1340 g/mol. The minimum absolute atomic E-state index is 0.106. The van der Waals surface area contributed by atoms with E-state index in [9.17, 15) is 43.2 Å². The van der Waals surface area contributed by atoms with Gasteiger partial charge in [0.15, 0.2) is 12.2 Å². The molecule has 0 bridgehead atoms. The first-order valence-electron chi connectivity index (χ1n) is 37.5. The molecule has 540 valence electrons. The van der Waals surface area contributed by atoms with Crippen molar-refractivity contribution in [2.75, 3.05) is 39.6 Å². The molecule has 5 atom stereocenters. The number of phosphoric ester groups is 2. The molecule has 17 nitrogen and oxygen atoms in total. The van der Waals surface area contributed by atoms with Crippen LogP contribution in [0.5, 0.6) is 0 Å². The van der Waals surface area contributed by atoms with Crippen LogP contribution in [-0.2, 0) is 65.4 Å². The zero-order valence-corrected chi connectivity index (χ0v) is 60.9. The van der Waals surface area contributed by atoms with Crippen LogP contribution in [0, 0.1) is 11.8 Å². The van der Waals surface area contributed by atoms with Crippen LogP contribution in [0.1, 0.15) is 369 Å². The maximum Gasteiger partial charge on any atom is 0.472 e. The van der Waals surface area contributed by atoms with E-state index in [2.05, 4.69) is 41.5 Å². The second kappa shape index (κ2) is 64.1. The Morgan fingerprint density at radius 3 is 0.747 bits per heavy atom. The normalized spacial score (nSPS) is 14.1. The highest BCUT2D eigenvalue weighted by molar-refractivity contribution is 7.47. The van der Waals surface area contributed by atoms with Crippen molar-refractivity contribution in [2.45, 2.75) is 387 Å². The first kappa shape index (κ1) is 89.1. The Labute approximate surface area is 556 Å². The van der Waals surface area contributed by atoms with Crippen LogP contribution in [0.4, 0.5) is 0 Å². The minimum Gasteiger partial charge on any atom is -0.462 e. The Kier molecular flexibility index (Phi) is 62.7. The van der Waals surface area contributed by atoms with E-state index in [-0.39, 0.29) is 25.7 Å². The molecule has 0 aromatic carbocycles. The van der Waals surface area contributed by atoms with Gasteiger partial charge in [-0.05, 0) is 37.5 Å². The van der Waals surface area contributed by atoms with E-state index in [4.69, 9.17) is 37.0 Å². The number of unbranched alkanes of at least 4 members (excludes halogenated alkanes) is 41. The van der Waals surface area contributed by atoms with E-state index >= 15 is 0 Å². The van der Waals surface area contributed by atoms with E-state index in [0.29, 0.717) is 31.6 Å². The van der Waals surface area contributed by atoms with Crippen molar-refractivity contribution >= 4 is 39.5 Å². The maximum atomic E-state index is 13.0. The number of aliphatic hydroxyl groups excluding tert-OH is 1. The Morgan fingerprint density at radius 1 is 0.297 bits per heavy atom. The summed E-state index contributed by atoms with van der Waals surface area (Å²) in [4.78, 5) is 72.6. The topological polar surface area (TPSA) is 237 Å². The first-order chi connectivity index (χ1) is 43.9. The molecule has 0 spiro atoms. The fraction of sp³-hybridized carbons (Fsp3) is 0.944. The largest absolute Gasteiger partial charge is 0.472 e. The molecule has 0 rings (SSSR count). The zero-order valence-electron chi connectivity index (χ0n) is 59.1. The number of phosphoric acid groups is 2. The van der Waals surface area contributed by atoms with Crippen LogP contribution in [0.2, 0.25) is 0 Å². The number of aliphatic hydroxyl groups is 1. The van der Waals surface area contributed by atoms with E-state index in [1.165, 1.54) is 180 Å². The van der Waals surface area contributed by atoms with Gasteiger partial charge < -0.3 is 33.8 Å². The van der Waals surface area contributed by atoms with Crippen LogP contribution in [-0.4, -0.2) is 96.7 Å². The lowest BCUT2D eigenvalue weighted by Gasteiger charge is -2.21. The Morgan fingerprint density at radius 2 is 0.505 bits per heavy atom. The van der Waals surface area contributed by atoms with Gasteiger partial charge in [-0.2, -0.15) is 0 Å². The average Bonchev–Trinajstić information content (AvgIpc) is 3.22. The highest BCUT2D eigenvalue weighted by Crippen LogP contribution is 2.45. The van der Waals surface area contributed by atoms with Gasteiger partial charge in [0.1, 0.15) is 19.3 Å². The second-order valence-corrected chi connectivity index (χ2v) is 29.8. The Bertz CT molecular complexity index is 1770. The molecule has 0 amide bonds. The van der Waals surface area contributed by atoms with Crippen molar-refractivity contribution in [1.82, 2.24) is 0 Å². The highest BCUT2D eigenvalue weighted by Gasteiger charge is 2.30. The predicted molar refractivity (Wildman–Crippen MR) is 368 cm³/mol. The molecule has 3 N–H and O–H groups in total. The van der Waals surface area contributed by atoms with Crippen LogP contribution >= 0.6 is 15.6 Å².